The van der Waals surface area contributed by atoms with Crippen LogP contribution in [0.3, 0.4) is 0 Å². The molecular weight excluding hydrogens is 726 g/mol. The van der Waals surface area contributed by atoms with Crippen LogP contribution in [0.1, 0.15) is 0 Å². The first-order valence-corrected chi connectivity index (χ1v) is 7.51. The second-order valence-corrected chi connectivity index (χ2v) is 5.35. The van der Waals surface area contributed by atoms with E-state index in [4.69, 9.17) is 21.7 Å². The van der Waals surface area contributed by atoms with Crippen LogP contribution in [0.15, 0.2) is 48.5 Å². The maximum atomic E-state index is 5.64. The van der Waals surface area contributed by atoms with Crippen LogP contribution in [0.25, 0.3) is 0 Å². The van der Waals surface area contributed by atoms with Gasteiger partial charge in [0.2, 0.25) is 0 Å². The minimum absolute atomic E-state index is 0. The fourth-order valence-corrected chi connectivity index (χ4v) is 2.93. The van der Waals surface area contributed by atoms with E-state index in [9.17, 15) is 0 Å². The first-order valence-electron chi connectivity index (χ1n) is 7.10. The monoisotopic (exact) mass is 743 g/mol. The van der Waals surface area contributed by atoms with Crippen LogP contribution in [0.4, 0.5) is 11.4 Å². The summed E-state index contributed by atoms with van der Waals surface area (Å²) in [6.45, 7) is 1.74. The fourth-order valence-electron chi connectivity index (χ4n) is 2.54. The number of nitrogens with zero attached hydrogens (tertiary/aromatic N) is 2. The molecule has 1 aliphatic heterocycles. The molecule has 2 aromatic carbocycles. The Labute approximate surface area is 191 Å². The molecule has 0 N–H and O–H groups in total. The molecule has 0 saturated carbocycles. The van der Waals surface area contributed by atoms with Gasteiger partial charge in [-0.3, -0.25) is 0 Å². The van der Waals surface area contributed by atoms with Crippen molar-refractivity contribution >= 4 is 28.7 Å². The maximum absolute atomic E-state index is 5.64. The second-order valence-electron chi connectivity index (χ2n) is 4.98. The van der Waals surface area contributed by atoms with Gasteiger partial charge in [-0.15, -0.1) is 0 Å². The summed E-state index contributed by atoms with van der Waals surface area (Å²) < 4.78 is 10.4. The Morgan fingerprint density at radius 2 is 1.04 bits per heavy atom. The van der Waals surface area contributed by atoms with E-state index in [1.165, 1.54) is 0 Å². The quantitative estimate of drug-likeness (QED) is 0.332. The first-order chi connectivity index (χ1) is 10.7. The number of halogens is 1. The van der Waals surface area contributed by atoms with Crippen molar-refractivity contribution < 1.29 is 66.6 Å². The molecule has 0 radical (unpaired) electrons. The van der Waals surface area contributed by atoms with Gasteiger partial charge in [-0.25, -0.2) is 0 Å². The van der Waals surface area contributed by atoms with Gasteiger partial charge in [0.25, 0.3) is 0 Å². The van der Waals surface area contributed by atoms with Gasteiger partial charge in [-0.1, -0.05) is 0 Å². The molecule has 1 fully saturated rings. The summed E-state index contributed by atoms with van der Waals surface area (Å²) in [6.07, 6.45) is 0. The fraction of sp³-hybridized carbons (Fsp3) is 0.235. The molecule has 1 heterocycles. The number of hydrogen-bond donors (Lipinski definition) is 0. The predicted molar refractivity (Wildman–Crippen MR) is 93.3 cm³/mol. The van der Waals surface area contributed by atoms with Crippen molar-refractivity contribution in [3.8, 4) is 11.5 Å². The van der Waals surface area contributed by atoms with Crippen molar-refractivity contribution in [3.05, 3.63) is 48.5 Å². The number of hydrogen-bond acceptors (Lipinski definition) is 3. The van der Waals surface area contributed by atoms with Crippen LogP contribution in [0.2, 0.25) is 0 Å². The Balaban J connectivity index is 0.00000192. The molecule has 1 saturated heterocycles. The van der Waals surface area contributed by atoms with Crippen molar-refractivity contribution in [3.63, 3.8) is 0 Å². The summed E-state index contributed by atoms with van der Waals surface area (Å²) in [6, 6.07) is 15.9. The van der Waals surface area contributed by atoms with Crippen molar-refractivity contribution in [2.45, 2.75) is 0 Å². The van der Waals surface area contributed by atoms with E-state index in [1.54, 1.807) is 14.2 Å². The Morgan fingerprint density at radius 1 is 0.720 bits per heavy atom. The molecule has 8 heteroatoms. The third-order valence-corrected chi connectivity index (χ3v) is 4.22. The Bertz CT molecular complexity index is 614. The van der Waals surface area contributed by atoms with Crippen LogP contribution in [-0.4, -0.2) is 32.4 Å². The molecule has 0 aliphatic carbocycles. The third-order valence-electron chi connectivity index (χ3n) is 3.78. The van der Waals surface area contributed by atoms with Crippen molar-refractivity contribution in [1.82, 2.24) is 0 Å². The molecule has 0 aromatic heterocycles. The van der Waals surface area contributed by atoms with Gasteiger partial charge in [-0.2, -0.15) is 0 Å². The maximum Gasteiger partial charge on any atom is 1.00 e. The van der Waals surface area contributed by atoms with Crippen LogP contribution >= 0.6 is 12.2 Å². The molecule has 0 spiro atoms. The van der Waals surface area contributed by atoms with Gasteiger partial charge < -0.3 is 31.7 Å². The smallest absolute Gasteiger partial charge is 1.00 e. The van der Waals surface area contributed by atoms with Crippen molar-refractivity contribution in [2.24, 2.45) is 0 Å². The Kier molecular flexibility index (Phi) is 11.0. The molecule has 1 aliphatic rings. The van der Waals surface area contributed by atoms with E-state index in [-0.39, 0.29) is 57.2 Å². The van der Waals surface area contributed by atoms with E-state index in [0.29, 0.717) is 0 Å². The summed E-state index contributed by atoms with van der Waals surface area (Å²) in [5.74, 6) is 1.70. The van der Waals surface area contributed by atoms with Crippen LogP contribution in [0.5, 0.6) is 11.5 Å². The summed E-state index contributed by atoms with van der Waals surface area (Å²) in [7, 11) is 3.34. The van der Waals surface area contributed by atoms with Crippen molar-refractivity contribution in [1.29, 1.82) is 0 Å². The van der Waals surface area contributed by atoms with Crippen LogP contribution in [-0.2, 0) is 44.8 Å². The minimum Gasteiger partial charge on any atom is -1.00 e. The number of benzene rings is 2. The summed E-state index contributed by atoms with van der Waals surface area (Å²) in [4.78, 5) is 4.28. The molecule has 25 heavy (non-hydrogen) atoms. The number of anilines is 2. The van der Waals surface area contributed by atoms with Crippen LogP contribution in [0, 0.1) is 0 Å². The molecule has 0 amide bonds. The zero-order valence-corrected chi connectivity index (χ0v) is 19.5. The predicted octanol–water partition coefficient (Wildman–Crippen LogP) is 0.314. The van der Waals surface area contributed by atoms with Gasteiger partial charge in [0.1, 0.15) is 11.5 Å². The third kappa shape index (κ3) is 5.49. The molecule has 4 nitrogen and oxygen atoms in total. The molecule has 0 atom stereocenters. The summed E-state index contributed by atoms with van der Waals surface area (Å²) >= 11 is 5.64. The standard InChI is InChI=1S/C17H18N2O2S.2Au.ClH/c1-20-15-7-3-13(4-8-15)18-11-12-19(17(18)22)14-5-9-16(21-2)10-6-14;;;/h3-10H,11-12H2,1-2H3;;;1H/q;2*+1;/p-1. The number of methoxy groups -OCH3 is 2. The number of ether oxygens (including phenoxy) is 2. The van der Waals surface area contributed by atoms with Crippen molar-refractivity contribution in [2.75, 3.05) is 37.1 Å². The molecule has 3 rings (SSSR count). The Hall–Kier alpha value is -0.499. The zero-order valence-electron chi connectivity index (χ0n) is 13.6. The van der Waals surface area contributed by atoms with Gasteiger partial charge in [0.05, 0.1) is 14.2 Å². The SMILES string of the molecule is COc1ccc(N2CCN(c3ccc(OC)cc3)C2=S)cc1.[Au+].[Au+].[Cl-]. The second kappa shape index (κ2) is 11.3. The number of rotatable bonds is 4. The summed E-state index contributed by atoms with van der Waals surface area (Å²) in [5.41, 5.74) is 2.17. The van der Waals surface area contributed by atoms with Gasteiger partial charge >= 0.3 is 44.8 Å². The van der Waals surface area contributed by atoms with E-state index >= 15 is 0 Å². The zero-order chi connectivity index (χ0) is 15.5. The van der Waals surface area contributed by atoms with Gasteiger partial charge in [0, 0.05) is 24.5 Å². The summed E-state index contributed by atoms with van der Waals surface area (Å²) in [5, 5.41) is 0.815. The average molecular weight is 744 g/mol. The van der Waals surface area contributed by atoms with E-state index in [2.05, 4.69) is 9.80 Å². The molecule has 0 bridgehead atoms. The molecular formula is C17H18Au2ClN2O2S+. The van der Waals surface area contributed by atoms with Crippen LogP contribution < -0.4 is 31.7 Å². The van der Waals surface area contributed by atoms with Gasteiger partial charge in [-0.05, 0) is 60.7 Å². The molecule has 0 unspecified atom stereocenters. The minimum atomic E-state index is 0. The van der Waals surface area contributed by atoms with E-state index in [1.807, 2.05) is 48.5 Å². The van der Waals surface area contributed by atoms with E-state index < -0.39 is 0 Å². The molecule has 142 valence electrons. The first kappa shape index (κ1) is 24.5. The largest absolute Gasteiger partial charge is 1.00 e. The molecule has 2 aromatic rings. The normalized spacial score (nSPS) is 12.6. The average Bonchev–Trinajstić information content (AvgIpc) is 2.96. The Morgan fingerprint density at radius 3 is 1.32 bits per heavy atom. The van der Waals surface area contributed by atoms with Gasteiger partial charge in [0.15, 0.2) is 5.11 Å². The topological polar surface area (TPSA) is 24.9 Å². The van der Waals surface area contributed by atoms with E-state index in [0.717, 1.165) is 41.1 Å². The number of thiocarbonyl (C=S) groups is 1.